The lowest BCUT2D eigenvalue weighted by molar-refractivity contribution is 0.0990. The van der Waals surface area contributed by atoms with Crippen molar-refractivity contribution < 1.29 is 4.79 Å². The highest BCUT2D eigenvalue weighted by molar-refractivity contribution is 5.88. The van der Waals surface area contributed by atoms with Crippen LogP contribution in [0, 0.1) is 6.92 Å². The first kappa shape index (κ1) is 17.7. The van der Waals surface area contributed by atoms with Gasteiger partial charge in [0.2, 0.25) is 5.82 Å². The molecule has 0 saturated heterocycles. The van der Waals surface area contributed by atoms with E-state index < -0.39 is 5.91 Å². The van der Waals surface area contributed by atoms with E-state index in [0.29, 0.717) is 5.82 Å². The van der Waals surface area contributed by atoms with Gasteiger partial charge in [-0.05, 0) is 47.7 Å². The van der Waals surface area contributed by atoms with Gasteiger partial charge in [-0.2, -0.15) is 0 Å². The van der Waals surface area contributed by atoms with Gasteiger partial charge >= 0.3 is 0 Å². The summed E-state index contributed by atoms with van der Waals surface area (Å²) in [5.74, 6) is 0.0188. The second-order valence-corrected chi connectivity index (χ2v) is 6.63. The van der Waals surface area contributed by atoms with Crippen molar-refractivity contribution in [1.82, 2.24) is 14.8 Å². The second kappa shape index (κ2) is 7.48. The van der Waals surface area contributed by atoms with E-state index in [-0.39, 0.29) is 5.82 Å². The number of carbonyl (C=O) groups excluding carboxylic acids is 1. The Hall–Kier alpha value is -3.73. The summed E-state index contributed by atoms with van der Waals surface area (Å²) in [6.45, 7) is 1.80. The first-order chi connectivity index (χ1) is 13.6. The van der Waals surface area contributed by atoms with E-state index in [1.54, 1.807) is 11.6 Å². The van der Waals surface area contributed by atoms with Gasteiger partial charge in [0, 0.05) is 0 Å². The zero-order chi connectivity index (χ0) is 19.5. The highest BCUT2D eigenvalue weighted by Gasteiger charge is 2.12. The zero-order valence-electron chi connectivity index (χ0n) is 15.5. The van der Waals surface area contributed by atoms with Crippen molar-refractivity contribution in [2.75, 3.05) is 0 Å². The van der Waals surface area contributed by atoms with E-state index in [1.807, 2.05) is 18.2 Å². The Labute approximate surface area is 163 Å². The van der Waals surface area contributed by atoms with Crippen LogP contribution in [0.2, 0.25) is 0 Å². The molecule has 3 aromatic carbocycles. The molecule has 0 atom stereocenters. The van der Waals surface area contributed by atoms with E-state index in [1.165, 1.54) is 22.3 Å². The fourth-order valence-electron chi connectivity index (χ4n) is 3.29. The van der Waals surface area contributed by atoms with Gasteiger partial charge in [0.1, 0.15) is 5.82 Å². The monoisotopic (exact) mass is 368 g/mol. The van der Waals surface area contributed by atoms with E-state index in [2.05, 4.69) is 70.7 Å². The van der Waals surface area contributed by atoms with Gasteiger partial charge in [-0.25, -0.2) is 9.67 Å². The highest BCUT2D eigenvalue weighted by atomic mass is 16.1. The molecule has 0 unspecified atom stereocenters. The molecule has 0 aliphatic heterocycles. The lowest BCUT2D eigenvalue weighted by Gasteiger charge is -2.11. The van der Waals surface area contributed by atoms with E-state index in [9.17, 15) is 4.79 Å². The molecule has 1 amide bonds. The molecule has 5 nitrogen and oxygen atoms in total. The summed E-state index contributed by atoms with van der Waals surface area (Å²) >= 11 is 0. The molecule has 0 aliphatic rings. The minimum absolute atomic E-state index is 0.0263. The van der Waals surface area contributed by atoms with Gasteiger partial charge in [0.05, 0.1) is 5.69 Å². The first-order valence-corrected chi connectivity index (χ1v) is 9.08. The number of aromatic nitrogens is 3. The predicted molar refractivity (Wildman–Crippen MR) is 109 cm³/mol. The molecule has 28 heavy (non-hydrogen) atoms. The van der Waals surface area contributed by atoms with Gasteiger partial charge in [0.15, 0.2) is 0 Å². The number of nitrogens with two attached hydrogens (primary N) is 1. The normalized spacial score (nSPS) is 10.8. The lowest BCUT2D eigenvalue weighted by Crippen LogP contribution is -2.13. The molecular formula is C23H20N4O. The van der Waals surface area contributed by atoms with Crippen LogP contribution in [0.4, 0.5) is 0 Å². The van der Waals surface area contributed by atoms with Crippen molar-refractivity contribution in [2.24, 2.45) is 5.73 Å². The molecule has 138 valence electrons. The highest BCUT2D eigenvalue weighted by Crippen LogP contribution is 2.25. The van der Waals surface area contributed by atoms with Crippen molar-refractivity contribution in [1.29, 1.82) is 0 Å². The summed E-state index contributed by atoms with van der Waals surface area (Å²) in [7, 11) is 0. The molecule has 2 N–H and O–H groups in total. The number of nitrogens with zero attached hydrogens (tertiary/aromatic N) is 3. The second-order valence-electron chi connectivity index (χ2n) is 6.63. The van der Waals surface area contributed by atoms with Crippen LogP contribution in [0.5, 0.6) is 0 Å². The molecule has 0 bridgehead atoms. The molecule has 0 radical (unpaired) electrons. The molecule has 0 saturated carbocycles. The minimum atomic E-state index is -0.629. The fraction of sp³-hybridized carbons (Fsp3) is 0.0870. The quantitative estimate of drug-likeness (QED) is 0.580. The fourth-order valence-corrected chi connectivity index (χ4v) is 3.29. The maximum absolute atomic E-state index is 11.3. The third kappa shape index (κ3) is 3.55. The minimum Gasteiger partial charge on any atom is -0.363 e. The van der Waals surface area contributed by atoms with Gasteiger partial charge in [-0.15, -0.1) is 5.10 Å². The third-order valence-corrected chi connectivity index (χ3v) is 4.67. The van der Waals surface area contributed by atoms with Crippen molar-refractivity contribution in [2.45, 2.75) is 13.3 Å². The molecule has 1 aromatic heterocycles. The topological polar surface area (TPSA) is 73.8 Å². The van der Waals surface area contributed by atoms with Crippen LogP contribution >= 0.6 is 0 Å². The summed E-state index contributed by atoms with van der Waals surface area (Å²) in [6.07, 6.45) is 0.828. The standard InChI is InChI=1S/C23H20N4O/c1-16-25-23(22(24)28)26-27(16)20-13-11-17(12-14-20)15-19-9-5-6-10-21(19)18-7-3-2-4-8-18/h2-14H,15H2,1H3,(H2,24,28). The Morgan fingerprint density at radius 3 is 2.29 bits per heavy atom. The summed E-state index contributed by atoms with van der Waals surface area (Å²) in [5, 5.41) is 4.18. The van der Waals surface area contributed by atoms with Crippen LogP contribution < -0.4 is 5.73 Å². The van der Waals surface area contributed by atoms with Gasteiger partial charge in [-0.3, -0.25) is 4.79 Å². The molecule has 0 fully saturated rings. The maximum Gasteiger partial charge on any atom is 0.288 e. The summed E-state index contributed by atoms with van der Waals surface area (Å²) in [6, 6.07) is 27.0. The Morgan fingerprint density at radius 2 is 1.61 bits per heavy atom. The largest absolute Gasteiger partial charge is 0.363 e. The molecular weight excluding hydrogens is 348 g/mol. The van der Waals surface area contributed by atoms with Gasteiger partial charge in [0.25, 0.3) is 5.91 Å². The molecule has 0 spiro atoms. The van der Waals surface area contributed by atoms with Crippen LogP contribution in [0.15, 0.2) is 78.9 Å². The van der Waals surface area contributed by atoms with Crippen molar-refractivity contribution in [3.63, 3.8) is 0 Å². The number of aryl methyl sites for hydroxylation is 1. The van der Waals surface area contributed by atoms with Crippen LogP contribution in [0.3, 0.4) is 0 Å². The van der Waals surface area contributed by atoms with Crippen LogP contribution in [-0.2, 0) is 6.42 Å². The first-order valence-electron chi connectivity index (χ1n) is 9.08. The van der Waals surface area contributed by atoms with Crippen molar-refractivity contribution in [3.8, 4) is 16.8 Å². The van der Waals surface area contributed by atoms with Gasteiger partial charge < -0.3 is 5.73 Å². The average molecular weight is 368 g/mol. The molecule has 4 aromatic rings. The van der Waals surface area contributed by atoms with Gasteiger partial charge in [-0.1, -0.05) is 66.7 Å². The Kier molecular flexibility index (Phi) is 4.72. The van der Waals surface area contributed by atoms with E-state index in [4.69, 9.17) is 5.73 Å². The van der Waals surface area contributed by atoms with Crippen LogP contribution in [0.25, 0.3) is 16.8 Å². The molecule has 5 heteroatoms. The van der Waals surface area contributed by atoms with E-state index >= 15 is 0 Å². The summed E-state index contributed by atoms with van der Waals surface area (Å²) in [4.78, 5) is 15.4. The Morgan fingerprint density at radius 1 is 0.929 bits per heavy atom. The number of hydrogen-bond acceptors (Lipinski definition) is 3. The zero-order valence-corrected chi connectivity index (χ0v) is 15.5. The van der Waals surface area contributed by atoms with Crippen molar-refractivity contribution >= 4 is 5.91 Å². The van der Waals surface area contributed by atoms with Crippen LogP contribution in [-0.4, -0.2) is 20.7 Å². The molecule has 0 aliphatic carbocycles. The number of carbonyl (C=O) groups is 1. The SMILES string of the molecule is Cc1nc(C(N)=O)nn1-c1ccc(Cc2ccccc2-c2ccccc2)cc1. The number of rotatable bonds is 5. The predicted octanol–water partition coefficient (Wildman–Crippen LogP) is 3.93. The number of amides is 1. The number of primary amides is 1. The smallest absolute Gasteiger partial charge is 0.288 e. The Balaban J connectivity index is 1.61. The third-order valence-electron chi connectivity index (χ3n) is 4.67. The average Bonchev–Trinajstić information content (AvgIpc) is 3.12. The van der Waals surface area contributed by atoms with Crippen molar-refractivity contribution in [3.05, 3.63) is 102 Å². The lowest BCUT2D eigenvalue weighted by atomic mass is 9.95. The Bertz CT molecular complexity index is 1120. The molecule has 4 rings (SSSR count). The number of hydrogen-bond donors (Lipinski definition) is 1. The van der Waals surface area contributed by atoms with E-state index in [0.717, 1.165) is 12.1 Å². The summed E-state index contributed by atoms with van der Waals surface area (Å²) < 4.78 is 1.63. The number of benzene rings is 3. The summed E-state index contributed by atoms with van der Waals surface area (Å²) in [5.41, 5.74) is 11.0. The molecule has 1 heterocycles. The van der Waals surface area contributed by atoms with Crippen LogP contribution in [0.1, 0.15) is 27.6 Å². The maximum atomic E-state index is 11.3.